The summed E-state index contributed by atoms with van der Waals surface area (Å²) in [7, 11) is 4.21. The molecule has 5 heteroatoms. The minimum absolute atomic E-state index is 0.453. The lowest BCUT2D eigenvalue weighted by Crippen LogP contribution is -2.51. The Labute approximate surface area is 122 Å². The third-order valence-electron chi connectivity index (χ3n) is 4.87. The highest BCUT2D eigenvalue weighted by atomic mass is 16.4. The van der Waals surface area contributed by atoms with E-state index in [1.165, 1.54) is 0 Å². The summed E-state index contributed by atoms with van der Waals surface area (Å²) in [5, 5.41) is 9.55. The molecule has 5 nitrogen and oxygen atoms in total. The zero-order valence-electron chi connectivity index (χ0n) is 13.0. The fourth-order valence-electron chi connectivity index (χ4n) is 3.43. The van der Waals surface area contributed by atoms with Gasteiger partial charge >= 0.3 is 5.97 Å². The van der Waals surface area contributed by atoms with Crippen LogP contribution in [0.3, 0.4) is 0 Å². The van der Waals surface area contributed by atoms with Gasteiger partial charge in [-0.15, -0.1) is 0 Å². The molecule has 0 atom stereocenters. The van der Waals surface area contributed by atoms with Crippen molar-refractivity contribution in [2.45, 2.75) is 25.7 Å². The number of hydrogen-bond donors (Lipinski definition) is 1. The molecule has 1 saturated carbocycles. The van der Waals surface area contributed by atoms with Crippen LogP contribution in [0.15, 0.2) is 0 Å². The number of carboxylic acid groups (broad SMARTS) is 1. The molecule has 1 saturated heterocycles. The summed E-state index contributed by atoms with van der Waals surface area (Å²) in [5.74, 6) is -0.579. The number of likely N-dealkylation sites (N-methyl/N-ethyl adjacent to an activating group) is 1. The van der Waals surface area contributed by atoms with Gasteiger partial charge < -0.3 is 10.0 Å². The van der Waals surface area contributed by atoms with E-state index in [4.69, 9.17) is 0 Å². The number of hydrogen-bond acceptors (Lipinski definition) is 4. The van der Waals surface area contributed by atoms with Crippen molar-refractivity contribution in [1.82, 2.24) is 14.7 Å². The molecule has 0 bridgehead atoms. The monoisotopic (exact) mass is 283 g/mol. The van der Waals surface area contributed by atoms with Crippen molar-refractivity contribution in [2.24, 2.45) is 5.41 Å². The number of carboxylic acids is 1. The van der Waals surface area contributed by atoms with Gasteiger partial charge in [0.15, 0.2) is 0 Å². The van der Waals surface area contributed by atoms with Crippen LogP contribution >= 0.6 is 0 Å². The van der Waals surface area contributed by atoms with Crippen molar-refractivity contribution in [3.63, 3.8) is 0 Å². The number of rotatable bonds is 6. The highest BCUT2D eigenvalue weighted by Crippen LogP contribution is 2.39. The van der Waals surface area contributed by atoms with Crippen molar-refractivity contribution >= 4 is 5.97 Å². The van der Waals surface area contributed by atoms with Crippen molar-refractivity contribution < 1.29 is 9.90 Å². The minimum atomic E-state index is -0.579. The van der Waals surface area contributed by atoms with E-state index in [2.05, 4.69) is 28.8 Å². The van der Waals surface area contributed by atoms with Crippen molar-refractivity contribution in [2.75, 3.05) is 59.9 Å². The van der Waals surface area contributed by atoms with Crippen LogP contribution in [0.1, 0.15) is 25.7 Å². The van der Waals surface area contributed by atoms with Crippen LogP contribution in [0, 0.1) is 5.41 Å². The van der Waals surface area contributed by atoms with Gasteiger partial charge in [0.2, 0.25) is 0 Å². The molecule has 2 fully saturated rings. The number of nitrogens with zero attached hydrogens (tertiary/aromatic N) is 3. The zero-order valence-corrected chi connectivity index (χ0v) is 13.0. The molecule has 0 aromatic rings. The lowest BCUT2D eigenvalue weighted by atomic mass is 9.85. The summed E-state index contributed by atoms with van der Waals surface area (Å²) in [4.78, 5) is 18.7. The smallest absolute Gasteiger partial charge is 0.310 e. The molecule has 0 aromatic heterocycles. The summed E-state index contributed by atoms with van der Waals surface area (Å²) >= 11 is 0. The Hall–Kier alpha value is -0.650. The predicted octanol–water partition coefficient (Wildman–Crippen LogP) is 0.811. The van der Waals surface area contributed by atoms with Crippen LogP contribution in [0.4, 0.5) is 0 Å². The van der Waals surface area contributed by atoms with E-state index in [1.807, 2.05) is 0 Å². The van der Waals surface area contributed by atoms with Gasteiger partial charge in [0, 0.05) is 45.8 Å². The molecule has 116 valence electrons. The fourth-order valence-corrected chi connectivity index (χ4v) is 3.43. The topological polar surface area (TPSA) is 47.0 Å². The summed E-state index contributed by atoms with van der Waals surface area (Å²) in [6.45, 7) is 7.14. The Morgan fingerprint density at radius 1 is 1.10 bits per heavy atom. The lowest BCUT2D eigenvalue weighted by Gasteiger charge is -2.38. The Bertz CT molecular complexity index is 319. The van der Waals surface area contributed by atoms with Gasteiger partial charge in [-0.1, -0.05) is 12.8 Å². The highest BCUT2D eigenvalue weighted by molar-refractivity contribution is 5.75. The maximum absolute atomic E-state index is 11.6. The lowest BCUT2D eigenvalue weighted by molar-refractivity contribution is -0.150. The Balaban J connectivity index is 1.77. The molecular formula is C15H29N3O2. The van der Waals surface area contributed by atoms with Gasteiger partial charge in [-0.25, -0.2) is 0 Å². The molecule has 1 N–H and O–H groups in total. The van der Waals surface area contributed by atoms with Crippen LogP contribution in [0.5, 0.6) is 0 Å². The molecule has 0 spiro atoms. The third kappa shape index (κ3) is 3.93. The summed E-state index contributed by atoms with van der Waals surface area (Å²) in [6, 6.07) is 0. The number of piperazine rings is 1. The largest absolute Gasteiger partial charge is 0.481 e. The molecule has 0 amide bonds. The predicted molar refractivity (Wildman–Crippen MR) is 80.0 cm³/mol. The third-order valence-corrected chi connectivity index (χ3v) is 4.87. The van der Waals surface area contributed by atoms with Gasteiger partial charge in [-0.2, -0.15) is 0 Å². The number of aliphatic carboxylic acids is 1. The summed E-state index contributed by atoms with van der Waals surface area (Å²) < 4.78 is 0. The molecular weight excluding hydrogens is 254 g/mol. The fraction of sp³-hybridized carbons (Fsp3) is 0.933. The maximum Gasteiger partial charge on any atom is 0.310 e. The van der Waals surface area contributed by atoms with E-state index in [9.17, 15) is 9.90 Å². The SMILES string of the molecule is CN(C)CCN1CCN(CC2(C(=O)O)CCCC2)CC1. The maximum atomic E-state index is 11.6. The second kappa shape index (κ2) is 6.87. The number of carbonyl (C=O) groups is 1. The van der Waals surface area contributed by atoms with Gasteiger partial charge in [0.25, 0.3) is 0 Å². The normalized spacial score (nSPS) is 24.4. The van der Waals surface area contributed by atoms with E-state index in [0.29, 0.717) is 0 Å². The molecule has 2 aliphatic rings. The van der Waals surface area contributed by atoms with Gasteiger partial charge in [0.1, 0.15) is 0 Å². The van der Waals surface area contributed by atoms with Gasteiger partial charge in [-0.05, 0) is 26.9 Å². The first kappa shape index (κ1) is 15.7. The van der Waals surface area contributed by atoms with Gasteiger partial charge in [0.05, 0.1) is 5.41 Å². The van der Waals surface area contributed by atoms with E-state index >= 15 is 0 Å². The molecule has 1 aliphatic carbocycles. The van der Waals surface area contributed by atoms with Crippen molar-refractivity contribution in [3.8, 4) is 0 Å². The Morgan fingerprint density at radius 2 is 1.65 bits per heavy atom. The molecule has 1 aliphatic heterocycles. The molecule has 20 heavy (non-hydrogen) atoms. The van der Waals surface area contributed by atoms with E-state index in [0.717, 1.165) is 71.5 Å². The summed E-state index contributed by atoms with van der Waals surface area (Å²) in [6.07, 6.45) is 3.89. The van der Waals surface area contributed by atoms with E-state index < -0.39 is 11.4 Å². The second-order valence-electron chi connectivity index (χ2n) is 6.71. The standard InChI is InChI=1S/C15H29N3O2/c1-16(2)7-8-17-9-11-18(12-10-17)13-15(14(19)20)5-3-4-6-15/h3-13H2,1-2H3,(H,19,20). The Morgan fingerprint density at radius 3 is 2.15 bits per heavy atom. The second-order valence-corrected chi connectivity index (χ2v) is 6.71. The van der Waals surface area contributed by atoms with Crippen molar-refractivity contribution in [1.29, 1.82) is 0 Å². The van der Waals surface area contributed by atoms with Crippen LogP contribution < -0.4 is 0 Å². The zero-order chi connectivity index (χ0) is 14.6. The van der Waals surface area contributed by atoms with E-state index in [-0.39, 0.29) is 0 Å². The van der Waals surface area contributed by atoms with Crippen LogP contribution in [0.2, 0.25) is 0 Å². The van der Waals surface area contributed by atoms with E-state index in [1.54, 1.807) is 0 Å². The average Bonchev–Trinajstić information content (AvgIpc) is 2.88. The molecule has 0 radical (unpaired) electrons. The molecule has 2 rings (SSSR count). The average molecular weight is 283 g/mol. The van der Waals surface area contributed by atoms with Gasteiger partial charge in [-0.3, -0.25) is 14.6 Å². The Kier molecular flexibility index (Phi) is 5.41. The quantitative estimate of drug-likeness (QED) is 0.782. The summed E-state index contributed by atoms with van der Waals surface area (Å²) in [5.41, 5.74) is -0.453. The molecule has 1 heterocycles. The first-order chi connectivity index (χ1) is 9.52. The minimum Gasteiger partial charge on any atom is -0.481 e. The van der Waals surface area contributed by atoms with Crippen LogP contribution in [0.25, 0.3) is 0 Å². The highest BCUT2D eigenvalue weighted by Gasteiger charge is 2.42. The first-order valence-corrected chi connectivity index (χ1v) is 7.85. The first-order valence-electron chi connectivity index (χ1n) is 7.85. The van der Waals surface area contributed by atoms with Crippen LogP contribution in [-0.2, 0) is 4.79 Å². The molecule has 0 unspecified atom stereocenters. The van der Waals surface area contributed by atoms with Crippen molar-refractivity contribution in [3.05, 3.63) is 0 Å². The molecule has 0 aromatic carbocycles. The van der Waals surface area contributed by atoms with Crippen LogP contribution in [-0.4, -0.2) is 85.7 Å².